The largest absolute Gasteiger partial charge is 0.390 e. The number of H-pyrrole nitrogens is 1. The molecule has 2 rings (SSSR count). The molecule has 5 heteroatoms. The average Bonchev–Trinajstić information content (AvgIpc) is 2.70. The third-order valence-electron chi connectivity index (χ3n) is 2.29. The Labute approximate surface area is 96.2 Å². The van der Waals surface area contributed by atoms with Crippen molar-refractivity contribution in [1.29, 1.82) is 0 Å². The van der Waals surface area contributed by atoms with Crippen molar-refractivity contribution >= 4 is 17.6 Å². The minimum atomic E-state index is -0.216. The Balaban J connectivity index is 2.57. The summed E-state index contributed by atoms with van der Waals surface area (Å²) in [5.74, 6) is 0.542. The molecular formula is C11H11N2O2S+. The summed E-state index contributed by atoms with van der Waals surface area (Å²) < 4.78 is 1.76. The monoisotopic (exact) mass is 235 g/mol. The Kier molecular flexibility index (Phi) is 2.96. The first-order valence-electron chi connectivity index (χ1n) is 4.93. The topological polar surface area (TPSA) is 53.8 Å². The molecule has 4 nitrogen and oxygen atoms in total. The number of aromatic amines is 1. The van der Waals surface area contributed by atoms with E-state index in [1.165, 1.54) is 0 Å². The van der Waals surface area contributed by atoms with Gasteiger partial charge in [0.2, 0.25) is 0 Å². The van der Waals surface area contributed by atoms with Crippen molar-refractivity contribution in [3.05, 3.63) is 44.6 Å². The number of hydrogen-bond donors (Lipinski definition) is 1. The highest BCUT2D eigenvalue weighted by Gasteiger charge is 2.16. The minimum absolute atomic E-state index is 0.216. The van der Waals surface area contributed by atoms with Crippen LogP contribution >= 0.6 is 11.3 Å². The number of aryl methyl sites for hydroxylation is 1. The molecule has 0 saturated heterocycles. The Morgan fingerprint density at radius 1 is 1.56 bits per heavy atom. The summed E-state index contributed by atoms with van der Waals surface area (Å²) in [7, 11) is 0. The van der Waals surface area contributed by atoms with Gasteiger partial charge in [-0.3, -0.25) is 4.79 Å². The van der Waals surface area contributed by atoms with Crippen molar-refractivity contribution in [3.8, 4) is 5.82 Å². The molecule has 82 valence electrons. The lowest BCUT2D eigenvalue weighted by Gasteiger charge is -1.98. The summed E-state index contributed by atoms with van der Waals surface area (Å²) in [5, 5.41) is 0. The molecule has 1 N–H and O–H groups in total. The zero-order chi connectivity index (χ0) is 11.5. The molecule has 0 aromatic carbocycles. The highest BCUT2D eigenvalue weighted by molar-refractivity contribution is 7.11. The highest BCUT2D eigenvalue weighted by Crippen LogP contribution is 2.06. The fraction of sp³-hybridized carbons (Fsp3) is 0.182. The molecule has 0 aliphatic carbocycles. The lowest BCUT2D eigenvalue weighted by molar-refractivity contribution is -0.599. The molecular weight excluding hydrogens is 224 g/mol. The van der Waals surface area contributed by atoms with Crippen LogP contribution < -0.4 is 9.44 Å². The summed E-state index contributed by atoms with van der Waals surface area (Å²) in [6.45, 7) is 2.05. The third kappa shape index (κ3) is 1.94. The summed E-state index contributed by atoms with van der Waals surface area (Å²) in [6.07, 6.45) is 5.32. The standard InChI is InChI=1S/C11H10N2O2S/c1-2-8-4-3-5-13(6-8)10-9(7-14)16-11(15)12-10/h3-7H,2H2,1H3/p+1. The number of rotatable bonds is 3. The second-order valence-corrected chi connectivity index (χ2v) is 4.33. The molecule has 0 aliphatic heterocycles. The molecule has 0 aliphatic rings. The van der Waals surface area contributed by atoms with Gasteiger partial charge in [0.05, 0.1) is 12.4 Å². The zero-order valence-electron chi connectivity index (χ0n) is 8.77. The number of nitrogens with zero attached hydrogens (tertiary/aromatic N) is 1. The fourth-order valence-electron chi connectivity index (χ4n) is 1.48. The first-order chi connectivity index (χ1) is 7.74. The molecule has 0 bridgehead atoms. The van der Waals surface area contributed by atoms with Gasteiger partial charge in [0.25, 0.3) is 0 Å². The van der Waals surface area contributed by atoms with Crippen LogP contribution in [0.15, 0.2) is 29.3 Å². The number of nitrogens with one attached hydrogen (secondary N) is 1. The van der Waals surface area contributed by atoms with Crippen LogP contribution in [0.4, 0.5) is 0 Å². The number of aromatic nitrogens is 2. The van der Waals surface area contributed by atoms with Gasteiger partial charge in [0.1, 0.15) is 0 Å². The quantitative estimate of drug-likeness (QED) is 0.639. The maximum atomic E-state index is 11.2. The summed E-state index contributed by atoms with van der Waals surface area (Å²) in [5.41, 5.74) is 1.14. The number of thiazole rings is 1. The van der Waals surface area contributed by atoms with E-state index in [1.54, 1.807) is 4.57 Å². The number of pyridine rings is 1. The summed E-state index contributed by atoms with van der Waals surface area (Å²) >= 11 is 0.923. The van der Waals surface area contributed by atoms with Gasteiger partial charge in [-0.05, 0) is 29.4 Å². The summed E-state index contributed by atoms with van der Waals surface area (Å²) in [4.78, 5) is 24.9. The van der Waals surface area contributed by atoms with E-state index in [2.05, 4.69) is 11.9 Å². The SMILES string of the molecule is CCc1ccc[n+](-c2[nH]c(=O)sc2C=O)c1. The molecule has 0 spiro atoms. The molecule has 0 radical (unpaired) electrons. The number of hydrogen-bond acceptors (Lipinski definition) is 3. The number of carbonyl (C=O) groups is 1. The first kappa shape index (κ1) is 10.8. The lowest BCUT2D eigenvalue weighted by Crippen LogP contribution is -2.32. The van der Waals surface area contributed by atoms with Gasteiger partial charge >= 0.3 is 10.7 Å². The van der Waals surface area contributed by atoms with Crippen LogP contribution in [0.5, 0.6) is 0 Å². The number of aldehydes is 1. The highest BCUT2D eigenvalue weighted by atomic mass is 32.1. The van der Waals surface area contributed by atoms with E-state index in [9.17, 15) is 9.59 Å². The van der Waals surface area contributed by atoms with Gasteiger partial charge in [0.15, 0.2) is 11.2 Å². The van der Waals surface area contributed by atoms with Gasteiger partial charge in [0, 0.05) is 0 Å². The molecule has 16 heavy (non-hydrogen) atoms. The van der Waals surface area contributed by atoms with Gasteiger partial charge < -0.3 is 0 Å². The Morgan fingerprint density at radius 3 is 3.06 bits per heavy atom. The maximum absolute atomic E-state index is 11.2. The first-order valence-corrected chi connectivity index (χ1v) is 5.75. The van der Waals surface area contributed by atoms with Crippen LogP contribution in [0.1, 0.15) is 22.2 Å². The van der Waals surface area contributed by atoms with Crippen molar-refractivity contribution in [2.75, 3.05) is 0 Å². The van der Waals surface area contributed by atoms with Crippen molar-refractivity contribution < 1.29 is 9.36 Å². The van der Waals surface area contributed by atoms with E-state index >= 15 is 0 Å². The number of carbonyl (C=O) groups excluding carboxylic acids is 1. The predicted octanol–water partition coefficient (Wildman–Crippen LogP) is 1.09. The fourth-order valence-corrected chi connectivity index (χ4v) is 2.12. The van der Waals surface area contributed by atoms with Crippen LogP contribution in [0, 0.1) is 0 Å². The van der Waals surface area contributed by atoms with Gasteiger partial charge in [-0.2, -0.15) is 4.98 Å². The molecule has 2 heterocycles. The molecule has 0 fully saturated rings. The second-order valence-electron chi connectivity index (χ2n) is 3.32. The average molecular weight is 235 g/mol. The van der Waals surface area contributed by atoms with Crippen LogP contribution in [0.2, 0.25) is 0 Å². The van der Waals surface area contributed by atoms with Crippen molar-refractivity contribution in [2.24, 2.45) is 0 Å². The minimum Gasteiger partial charge on any atom is -0.297 e. The van der Waals surface area contributed by atoms with Crippen molar-refractivity contribution in [1.82, 2.24) is 4.98 Å². The zero-order valence-corrected chi connectivity index (χ0v) is 9.58. The Bertz CT molecular complexity index is 571. The van der Waals surface area contributed by atoms with Gasteiger partial charge in [-0.15, -0.1) is 0 Å². The van der Waals surface area contributed by atoms with E-state index < -0.39 is 0 Å². The van der Waals surface area contributed by atoms with Crippen molar-refractivity contribution in [3.63, 3.8) is 0 Å². The van der Waals surface area contributed by atoms with E-state index in [0.717, 1.165) is 23.3 Å². The van der Waals surface area contributed by atoms with E-state index in [4.69, 9.17) is 0 Å². The van der Waals surface area contributed by atoms with Crippen molar-refractivity contribution in [2.45, 2.75) is 13.3 Å². The predicted molar refractivity (Wildman–Crippen MR) is 61.2 cm³/mol. The van der Waals surface area contributed by atoms with Crippen LogP contribution in [-0.4, -0.2) is 11.3 Å². The third-order valence-corrected chi connectivity index (χ3v) is 3.09. The van der Waals surface area contributed by atoms with Gasteiger partial charge in [-0.25, -0.2) is 9.36 Å². The Hall–Kier alpha value is -1.75. The molecule has 0 atom stereocenters. The second kappa shape index (κ2) is 4.40. The van der Waals surface area contributed by atoms with Crippen LogP contribution in [0.3, 0.4) is 0 Å². The normalized spacial score (nSPS) is 10.3. The van der Waals surface area contributed by atoms with Gasteiger partial charge in [-0.1, -0.05) is 13.0 Å². The molecule has 0 saturated carbocycles. The van der Waals surface area contributed by atoms with Crippen LogP contribution in [-0.2, 0) is 6.42 Å². The lowest BCUT2D eigenvalue weighted by atomic mass is 10.2. The smallest absolute Gasteiger partial charge is 0.297 e. The Morgan fingerprint density at radius 2 is 2.38 bits per heavy atom. The molecule has 2 aromatic heterocycles. The van der Waals surface area contributed by atoms with E-state index in [-0.39, 0.29) is 4.87 Å². The summed E-state index contributed by atoms with van der Waals surface area (Å²) in [6, 6.07) is 3.89. The van der Waals surface area contributed by atoms with E-state index in [0.29, 0.717) is 17.0 Å². The van der Waals surface area contributed by atoms with E-state index in [1.807, 2.05) is 24.5 Å². The molecule has 2 aromatic rings. The molecule has 0 unspecified atom stereocenters. The van der Waals surface area contributed by atoms with Crippen LogP contribution in [0.25, 0.3) is 5.82 Å². The molecule has 0 amide bonds. The maximum Gasteiger partial charge on any atom is 0.390 e.